The summed E-state index contributed by atoms with van der Waals surface area (Å²) >= 11 is 1.35. The molecule has 2 amide bonds. The number of carboxylic acid groups (broad SMARTS) is 2. The Labute approximate surface area is 259 Å². The van der Waals surface area contributed by atoms with E-state index in [9.17, 15) is 29.1 Å². The van der Waals surface area contributed by atoms with Crippen molar-refractivity contribution in [2.45, 2.75) is 81.3 Å². The predicted octanol–water partition coefficient (Wildman–Crippen LogP) is 1.86. The molecule has 0 spiro atoms. The number of aliphatic carboxylic acids is 2. The second-order valence-corrected chi connectivity index (χ2v) is 12.9. The van der Waals surface area contributed by atoms with Crippen LogP contribution < -0.4 is 16.4 Å². The molecule has 238 valence electrons. The number of carbonyl (C=O) groups excluding carboxylic acids is 3. The Hall–Kier alpha value is -3.68. The van der Waals surface area contributed by atoms with Crippen LogP contribution in [-0.2, 0) is 35.1 Å². The Bertz CT molecular complexity index is 1350. The van der Waals surface area contributed by atoms with E-state index in [2.05, 4.69) is 17.4 Å². The van der Waals surface area contributed by atoms with Crippen molar-refractivity contribution in [2.24, 2.45) is 17.6 Å². The van der Waals surface area contributed by atoms with Gasteiger partial charge in [0, 0.05) is 12.2 Å². The molecule has 3 aliphatic rings. The van der Waals surface area contributed by atoms with E-state index in [1.54, 1.807) is 0 Å². The molecule has 1 aliphatic heterocycles. The number of carboxylic acids is 2. The number of aliphatic hydroxyl groups excluding tert-OH is 1. The fourth-order valence-corrected chi connectivity index (χ4v) is 7.82. The first-order chi connectivity index (χ1) is 20.9. The van der Waals surface area contributed by atoms with E-state index < -0.39 is 52.7 Å². The molecule has 0 bridgehead atoms. The molecular formula is C31H39N3O9S. The van der Waals surface area contributed by atoms with E-state index in [1.807, 2.05) is 36.5 Å². The van der Waals surface area contributed by atoms with Gasteiger partial charge in [0.1, 0.15) is 23.8 Å². The summed E-state index contributed by atoms with van der Waals surface area (Å²) in [6, 6.07) is 7.55. The highest BCUT2D eigenvalue weighted by molar-refractivity contribution is 8.00. The lowest BCUT2D eigenvalue weighted by Crippen LogP contribution is -2.53. The minimum absolute atomic E-state index is 0.0202. The molecule has 0 fully saturated rings. The molecule has 0 saturated heterocycles. The molecule has 44 heavy (non-hydrogen) atoms. The van der Waals surface area contributed by atoms with Gasteiger partial charge in [-0.3, -0.25) is 19.2 Å². The van der Waals surface area contributed by atoms with Crippen LogP contribution >= 0.6 is 11.8 Å². The van der Waals surface area contributed by atoms with Crippen molar-refractivity contribution in [1.29, 1.82) is 0 Å². The molecule has 1 aromatic carbocycles. The Morgan fingerprint density at radius 3 is 2.52 bits per heavy atom. The third-order valence-corrected chi connectivity index (χ3v) is 9.98. The summed E-state index contributed by atoms with van der Waals surface area (Å²) in [5.74, 6) is -4.56. The molecule has 4 rings (SSSR count). The van der Waals surface area contributed by atoms with Gasteiger partial charge in [0.15, 0.2) is 0 Å². The van der Waals surface area contributed by atoms with Crippen LogP contribution in [0.1, 0.15) is 57.4 Å². The Morgan fingerprint density at radius 1 is 1.14 bits per heavy atom. The van der Waals surface area contributed by atoms with E-state index in [1.165, 1.54) is 22.9 Å². The fourth-order valence-electron chi connectivity index (χ4n) is 6.19. The van der Waals surface area contributed by atoms with Crippen molar-refractivity contribution in [1.82, 2.24) is 10.6 Å². The zero-order valence-corrected chi connectivity index (χ0v) is 25.3. The first-order valence-corrected chi connectivity index (χ1v) is 15.7. The van der Waals surface area contributed by atoms with E-state index >= 15 is 0 Å². The molecule has 0 aromatic heterocycles. The van der Waals surface area contributed by atoms with Crippen molar-refractivity contribution in [3.63, 3.8) is 0 Å². The highest BCUT2D eigenvalue weighted by Gasteiger charge is 2.52. The maximum Gasteiger partial charge on any atom is 0.353 e. The van der Waals surface area contributed by atoms with E-state index in [0.29, 0.717) is 18.6 Å². The normalized spacial score (nSPS) is 24.3. The molecule has 0 unspecified atom stereocenters. The summed E-state index contributed by atoms with van der Waals surface area (Å²) in [7, 11) is 0. The van der Waals surface area contributed by atoms with Gasteiger partial charge in [-0.2, -0.15) is 0 Å². The number of esters is 1. The van der Waals surface area contributed by atoms with Crippen LogP contribution in [0, 0.1) is 11.8 Å². The predicted molar refractivity (Wildman–Crippen MR) is 161 cm³/mol. The van der Waals surface area contributed by atoms with Crippen LogP contribution in [0.3, 0.4) is 0 Å². The van der Waals surface area contributed by atoms with Gasteiger partial charge in [-0.05, 0) is 55.6 Å². The van der Waals surface area contributed by atoms with Gasteiger partial charge < -0.3 is 36.4 Å². The first-order valence-electron chi connectivity index (χ1n) is 14.8. The molecule has 7 N–H and O–H groups in total. The van der Waals surface area contributed by atoms with Crippen molar-refractivity contribution >= 4 is 41.5 Å². The van der Waals surface area contributed by atoms with Crippen molar-refractivity contribution in [3.05, 3.63) is 58.9 Å². The first kappa shape index (κ1) is 33.2. The zero-order chi connectivity index (χ0) is 32.0. The maximum atomic E-state index is 13.2. The number of aliphatic hydroxyl groups is 1. The summed E-state index contributed by atoms with van der Waals surface area (Å²) in [6.07, 6.45) is 3.82. The lowest BCUT2D eigenvalue weighted by Gasteiger charge is -2.42. The number of amides is 2. The average Bonchev–Trinajstić information content (AvgIpc) is 3.33. The lowest BCUT2D eigenvalue weighted by molar-refractivity contribution is -0.151. The second-order valence-electron chi connectivity index (χ2n) is 11.5. The smallest absolute Gasteiger partial charge is 0.353 e. The third-order valence-electron chi connectivity index (χ3n) is 8.33. The van der Waals surface area contributed by atoms with Gasteiger partial charge in [-0.25, -0.2) is 4.79 Å². The van der Waals surface area contributed by atoms with Crippen LogP contribution in [-0.4, -0.2) is 73.9 Å². The SMILES string of the molecule is CCC[C@]1(SC[C@H](NC(=O)CC[C@H](N)C(=O)O)C(=O)N[C@@H](O)C(=O)O)CC[C@H]2CC(Cc3ccccc3)=C[C@H]3C(=O)OC1=C23. The number of allylic oxidation sites excluding steroid dienone is 1. The quantitative estimate of drug-likeness (QED) is 0.0938. The molecule has 0 saturated carbocycles. The molecule has 2 aliphatic carbocycles. The minimum Gasteiger partial charge on any atom is -0.480 e. The van der Waals surface area contributed by atoms with Crippen molar-refractivity contribution in [2.75, 3.05) is 5.75 Å². The van der Waals surface area contributed by atoms with Crippen molar-refractivity contribution < 1.29 is 44.0 Å². The minimum atomic E-state index is -2.19. The molecule has 1 heterocycles. The summed E-state index contributed by atoms with van der Waals surface area (Å²) in [6.45, 7) is 2.01. The van der Waals surface area contributed by atoms with Crippen LogP contribution in [0.15, 0.2) is 53.3 Å². The number of nitrogens with one attached hydrogen (secondary N) is 2. The lowest BCUT2D eigenvalue weighted by atomic mass is 9.69. The largest absolute Gasteiger partial charge is 0.480 e. The topological polar surface area (TPSA) is 205 Å². The monoisotopic (exact) mass is 629 g/mol. The van der Waals surface area contributed by atoms with Crippen molar-refractivity contribution in [3.8, 4) is 0 Å². The number of nitrogens with two attached hydrogens (primary N) is 1. The Kier molecular flexibility index (Phi) is 10.9. The maximum absolute atomic E-state index is 13.2. The van der Waals surface area contributed by atoms with Gasteiger partial charge in [-0.1, -0.05) is 55.3 Å². The van der Waals surface area contributed by atoms with Crippen LogP contribution in [0.25, 0.3) is 0 Å². The van der Waals surface area contributed by atoms with Crippen LogP contribution in [0.5, 0.6) is 0 Å². The highest BCUT2D eigenvalue weighted by Crippen LogP contribution is 2.56. The Balaban J connectivity index is 1.56. The number of benzene rings is 1. The average molecular weight is 630 g/mol. The molecule has 1 aromatic rings. The highest BCUT2D eigenvalue weighted by atomic mass is 32.2. The standard InChI is InChI=1S/C31H39N3O9S/c1-2-11-31(44-16-22(26(36)34-27(37)29(40)41)33-23(35)9-8-21(32)28(38)39)12-10-19-14-18(13-17-6-4-3-5-7-17)15-20-24(19)25(31)43-30(20)42/h3-7,15,19-22,27,37H,2,8-14,16,32H2,1H3,(H,33,35)(H,34,36)(H,38,39)(H,40,41)/t19-,20+,21-,22-,27-,31-/m0/s1. The number of hydrogen-bond donors (Lipinski definition) is 6. The van der Waals surface area contributed by atoms with E-state index in [4.69, 9.17) is 20.7 Å². The molecule has 13 heteroatoms. The van der Waals surface area contributed by atoms with Crippen LogP contribution in [0.2, 0.25) is 0 Å². The summed E-state index contributed by atoms with van der Waals surface area (Å²) in [5, 5.41) is 32.3. The van der Waals surface area contributed by atoms with Crippen LogP contribution in [0.4, 0.5) is 0 Å². The van der Waals surface area contributed by atoms with Gasteiger partial charge >= 0.3 is 17.9 Å². The second kappa shape index (κ2) is 14.4. The van der Waals surface area contributed by atoms with Gasteiger partial charge in [0.05, 0.1) is 4.75 Å². The number of thioether (sulfide) groups is 1. The third kappa shape index (κ3) is 7.69. The van der Waals surface area contributed by atoms with Gasteiger partial charge in [0.2, 0.25) is 18.0 Å². The number of hydrogen-bond acceptors (Lipinski definition) is 9. The number of rotatable bonds is 15. The van der Waals surface area contributed by atoms with E-state index in [-0.39, 0.29) is 30.5 Å². The summed E-state index contributed by atoms with van der Waals surface area (Å²) in [5.41, 5.74) is 8.85. The molecule has 6 atom stereocenters. The Morgan fingerprint density at radius 2 is 1.86 bits per heavy atom. The number of ether oxygens (including phenoxy) is 1. The molecule has 0 radical (unpaired) electrons. The summed E-state index contributed by atoms with van der Waals surface area (Å²) < 4.78 is 5.35. The number of carbonyl (C=O) groups is 5. The van der Waals surface area contributed by atoms with Gasteiger partial charge in [0.25, 0.3) is 0 Å². The molecule has 12 nitrogen and oxygen atoms in total. The zero-order valence-electron chi connectivity index (χ0n) is 24.5. The molecular weight excluding hydrogens is 590 g/mol. The fraction of sp³-hybridized carbons (Fsp3) is 0.516. The van der Waals surface area contributed by atoms with Gasteiger partial charge in [-0.15, -0.1) is 11.8 Å². The van der Waals surface area contributed by atoms with E-state index in [0.717, 1.165) is 31.3 Å². The summed E-state index contributed by atoms with van der Waals surface area (Å²) in [4.78, 5) is 61.1.